The molecular weight excluding hydrogens is 340 g/mol. The van der Waals surface area contributed by atoms with Gasteiger partial charge in [-0.15, -0.1) is 0 Å². The maximum absolute atomic E-state index is 6.90. The highest BCUT2D eigenvalue weighted by Crippen LogP contribution is 2.44. The van der Waals surface area contributed by atoms with Gasteiger partial charge < -0.3 is 4.43 Å². The van der Waals surface area contributed by atoms with Gasteiger partial charge in [-0.1, -0.05) is 63.5 Å². The van der Waals surface area contributed by atoms with E-state index in [9.17, 15) is 0 Å². The van der Waals surface area contributed by atoms with E-state index in [-0.39, 0.29) is 5.04 Å². The maximum atomic E-state index is 6.90. The normalized spacial score (nSPS) is 30.2. The molecule has 0 aromatic rings. The van der Waals surface area contributed by atoms with Crippen molar-refractivity contribution in [2.45, 2.75) is 78.6 Å². The third-order valence-corrected chi connectivity index (χ3v) is 10.4. The first kappa shape index (κ1) is 19.4. The van der Waals surface area contributed by atoms with E-state index >= 15 is 0 Å². The molecule has 0 aromatic heterocycles. The van der Waals surface area contributed by atoms with E-state index in [2.05, 4.69) is 76.6 Å². The molecule has 0 bridgehead atoms. The van der Waals surface area contributed by atoms with Gasteiger partial charge >= 0.3 is 0 Å². The molecule has 1 nitrogen and oxygen atoms in total. The van der Waals surface area contributed by atoms with Crippen molar-refractivity contribution in [2.24, 2.45) is 17.8 Å². The Kier molecular flexibility index (Phi) is 6.77. The SMILES string of the molecule is CC(C)[C@@H]1CC[C@@H](C)/C(=C\CBr)[C@H]1O[Si](C)(C)C(C)(C)C. The van der Waals surface area contributed by atoms with Crippen molar-refractivity contribution in [1.29, 1.82) is 0 Å². The zero-order valence-corrected chi connectivity index (χ0v) is 17.9. The molecule has 0 N–H and O–H groups in total. The van der Waals surface area contributed by atoms with Crippen LogP contribution < -0.4 is 0 Å². The summed E-state index contributed by atoms with van der Waals surface area (Å²) in [6.07, 6.45) is 5.31. The first-order valence-corrected chi connectivity index (χ1v) is 12.5. The molecule has 0 aliphatic heterocycles. The minimum Gasteiger partial charge on any atom is -0.410 e. The molecule has 3 atom stereocenters. The molecule has 1 aliphatic rings. The first-order valence-electron chi connectivity index (χ1n) is 8.45. The Morgan fingerprint density at radius 2 is 1.86 bits per heavy atom. The van der Waals surface area contributed by atoms with Gasteiger partial charge in [0.1, 0.15) is 0 Å². The zero-order chi connectivity index (χ0) is 16.4. The highest BCUT2D eigenvalue weighted by Gasteiger charge is 2.44. The number of hydrogen-bond acceptors (Lipinski definition) is 1. The van der Waals surface area contributed by atoms with Gasteiger partial charge in [-0.05, 0) is 54.3 Å². The van der Waals surface area contributed by atoms with Crippen LogP contribution in [0.3, 0.4) is 0 Å². The summed E-state index contributed by atoms with van der Waals surface area (Å²) in [6.45, 7) is 18.9. The summed E-state index contributed by atoms with van der Waals surface area (Å²) in [5, 5.41) is 1.21. The number of hydrogen-bond donors (Lipinski definition) is 0. The van der Waals surface area contributed by atoms with Crippen molar-refractivity contribution in [3.8, 4) is 0 Å². The second-order valence-corrected chi connectivity index (χ2v) is 13.9. The molecule has 0 amide bonds. The second kappa shape index (κ2) is 7.31. The van der Waals surface area contributed by atoms with Crippen molar-refractivity contribution >= 4 is 24.2 Å². The van der Waals surface area contributed by atoms with E-state index in [1.807, 2.05) is 0 Å². The quantitative estimate of drug-likeness (QED) is 0.314. The van der Waals surface area contributed by atoms with Crippen LogP contribution in [0.2, 0.25) is 18.1 Å². The van der Waals surface area contributed by atoms with Crippen LogP contribution in [0.4, 0.5) is 0 Å². The zero-order valence-electron chi connectivity index (χ0n) is 15.3. The topological polar surface area (TPSA) is 9.23 Å². The fourth-order valence-electron chi connectivity index (χ4n) is 3.03. The summed E-state index contributed by atoms with van der Waals surface area (Å²) in [4.78, 5) is 0. The van der Waals surface area contributed by atoms with Crippen LogP contribution in [-0.4, -0.2) is 19.8 Å². The number of halogens is 1. The van der Waals surface area contributed by atoms with Crippen molar-refractivity contribution in [3.63, 3.8) is 0 Å². The largest absolute Gasteiger partial charge is 0.410 e. The molecule has 1 aliphatic carbocycles. The van der Waals surface area contributed by atoms with Crippen molar-refractivity contribution < 1.29 is 4.43 Å². The predicted molar refractivity (Wildman–Crippen MR) is 101 cm³/mol. The predicted octanol–water partition coefficient (Wildman–Crippen LogP) is 6.40. The molecule has 1 saturated carbocycles. The van der Waals surface area contributed by atoms with Gasteiger partial charge in [0.15, 0.2) is 8.32 Å². The molecule has 1 fully saturated rings. The van der Waals surface area contributed by atoms with Crippen LogP contribution in [-0.2, 0) is 4.43 Å². The molecule has 21 heavy (non-hydrogen) atoms. The van der Waals surface area contributed by atoms with Crippen molar-refractivity contribution in [3.05, 3.63) is 11.6 Å². The Morgan fingerprint density at radius 1 is 1.29 bits per heavy atom. The summed E-state index contributed by atoms with van der Waals surface area (Å²) >= 11 is 3.60. The standard InChI is InChI=1S/C18H35BrOSi/c1-13(2)15-10-9-14(3)16(11-12-19)17(15)20-21(7,8)18(4,5)6/h11,13-15,17H,9-10,12H2,1-8H3/b16-11+/t14-,15+,17+/m1/s1. The van der Waals surface area contributed by atoms with Gasteiger partial charge in [-0.3, -0.25) is 0 Å². The second-order valence-electron chi connectivity index (χ2n) is 8.54. The van der Waals surface area contributed by atoms with Gasteiger partial charge in [0, 0.05) is 5.33 Å². The molecule has 0 heterocycles. The molecule has 1 rings (SSSR count). The Bertz CT molecular complexity index is 368. The van der Waals surface area contributed by atoms with Crippen molar-refractivity contribution in [1.82, 2.24) is 0 Å². The van der Waals surface area contributed by atoms with E-state index in [0.717, 1.165) is 5.33 Å². The Hall–Kier alpha value is 0.397. The van der Waals surface area contributed by atoms with Gasteiger partial charge in [0.05, 0.1) is 6.10 Å². The molecule has 0 unspecified atom stereocenters. The molecule has 124 valence electrons. The first-order chi connectivity index (χ1) is 9.51. The van der Waals surface area contributed by atoms with Crippen LogP contribution in [0.1, 0.15) is 54.4 Å². The lowest BCUT2D eigenvalue weighted by molar-refractivity contribution is 0.0813. The fraction of sp³-hybridized carbons (Fsp3) is 0.889. The van der Waals surface area contributed by atoms with E-state index in [4.69, 9.17) is 4.43 Å². The monoisotopic (exact) mass is 374 g/mol. The minimum absolute atomic E-state index is 0.273. The Morgan fingerprint density at radius 3 is 2.29 bits per heavy atom. The third-order valence-electron chi connectivity index (χ3n) is 5.62. The summed E-state index contributed by atoms with van der Waals surface area (Å²) in [6, 6.07) is 0. The van der Waals surface area contributed by atoms with Crippen LogP contribution in [0, 0.1) is 17.8 Å². The van der Waals surface area contributed by atoms with Gasteiger partial charge in [0.2, 0.25) is 0 Å². The van der Waals surface area contributed by atoms with E-state index in [1.165, 1.54) is 12.8 Å². The summed E-state index contributed by atoms with van der Waals surface area (Å²) in [5.74, 6) is 2.01. The maximum Gasteiger partial charge on any atom is 0.192 e. The third kappa shape index (κ3) is 4.68. The number of allylic oxidation sites excluding steroid dienone is 1. The average molecular weight is 375 g/mol. The number of alkyl halides is 1. The lowest BCUT2D eigenvalue weighted by atomic mass is 9.72. The molecule has 0 spiro atoms. The molecule has 0 radical (unpaired) electrons. The van der Waals surface area contributed by atoms with E-state index < -0.39 is 8.32 Å². The van der Waals surface area contributed by atoms with Crippen LogP contribution in [0.5, 0.6) is 0 Å². The summed E-state index contributed by atoms with van der Waals surface area (Å²) in [5.41, 5.74) is 1.54. The van der Waals surface area contributed by atoms with Gasteiger partial charge in [-0.25, -0.2) is 0 Å². The Balaban J connectivity index is 3.11. The van der Waals surface area contributed by atoms with E-state index in [1.54, 1.807) is 5.57 Å². The Labute approximate surface area is 142 Å². The van der Waals surface area contributed by atoms with Gasteiger partial charge in [-0.2, -0.15) is 0 Å². The lowest BCUT2D eigenvalue weighted by Gasteiger charge is -2.46. The molecule has 0 saturated heterocycles. The minimum atomic E-state index is -1.74. The average Bonchev–Trinajstić information content (AvgIpc) is 2.31. The fourth-order valence-corrected chi connectivity index (χ4v) is 4.70. The molecular formula is C18H35BrOSi. The van der Waals surface area contributed by atoms with Crippen LogP contribution >= 0.6 is 15.9 Å². The smallest absolute Gasteiger partial charge is 0.192 e. The number of rotatable bonds is 4. The van der Waals surface area contributed by atoms with Crippen molar-refractivity contribution in [2.75, 3.05) is 5.33 Å². The van der Waals surface area contributed by atoms with Gasteiger partial charge in [0.25, 0.3) is 0 Å². The van der Waals surface area contributed by atoms with E-state index in [0.29, 0.717) is 23.9 Å². The van der Waals surface area contributed by atoms with Crippen LogP contribution in [0.25, 0.3) is 0 Å². The molecule has 0 aromatic carbocycles. The highest BCUT2D eigenvalue weighted by molar-refractivity contribution is 9.09. The van der Waals surface area contributed by atoms with Crippen LogP contribution in [0.15, 0.2) is 11.6 Å². The lowest BCUT2D eigenvalue weighted by Crippen LogP contribution is -2.49. The highest BCUT2D eigenvalue weighted by atomic mass is 79.9. The summed E-state index contributed by atoms with van der Waals surface area (Å²) in [7, 11) is -1.74. The summed E-state index contributed by atoms with van der Waals surface area (Å²) < 4.78 is 6.90. The molecule has 3 heteroatoms.